The number of anilines is 1. The van der Waals surface area contributed by atoms with Crippen LogP contribution in [-0.2, 0) is 5.41 Å². The van der Waals surface area contributed by atoms with Gasteiger partial charge in [0.1, 0.15) is 12.2 Å². The van der Waals surface area contributed by atoms with Gasteiger partial charge in [0.25, 0.3) is 0 Å². The zero-order valence-electron chi connectivity index (χ0n) is 8.87. The molecule has 0 aliphatic carbocycles. The maximum Gasteiger partial charge on any atom is 0.228 e. The highest BCUT2D eigenvalue weighted by Gasteiger charge is 2.17. The van der Waals surface area contributed by atoms with E-state index < -0.39 is 0 Å². The van der Waals surface area contributed by atoms with Gasteiger partial charge in [0, 0.05) is 19.5 Å². The lowest BCUT2D eigenvalue weighted by atomic mass is 9.96. The van der Waals surface area contributed by atoms with Gasteiger partial charge in [-0.1, -0.05) is 20.8 Å². The summed E-state index contributed by atoms with van der Waals surface area (Å²) in [6.45, 7) is 6.26. The van der Waals surface area contributed by atoms with E-state index >= 15 is 0 Å². The molecule has 1 heterocycles. The van der Waals surface area contributed by atoms with E-state index in [4.69, 9.17) is 0 Å². The van der Waals surface area contributed by atoms with Crippen molar-refractivity contribution >= 4 is 5.95 Å². The molecule has 0 aliphatic rings. The first-order chi connectivity index (χ1) is 5.91. The zero-order valence-corrected chi connectivity index (χ0v) is 8.87. The molecule has 13 heavy (non-hydrogen) atoms. The van der Waals surface area contributed by atoms with Gasteiger partial charge < -0.3 is 4.90 Å². The van der Waals surface area contributed by atoms with E-state index in [1.54, 1.807) is 6.33 Å². The lowest BCUT2D eigenvalue weighted by molar-refractivity contribution is 0.541. The molecule has 0 amide bonds. The molecule has 1 aromatic heterocycles. The minimum Gasteiger partial charge on any atom is -0.347 e. The van der Waals surface area contributed by atoms with E-state index in [1.165, 1.54) is 0 Å². The van der Waals surface area contributed by atoms with Crippen LogP contribution in [0.15, 0.2) is 6.33 Å². The Balaban J connectivity index is 3.06. The van der Waals surface area contributed by atoms with Crippen LogP contribution in [0.3, 0.4) is 0 Å². The standard InChI is InChI=1S/C9H16N4/c1-9(2,3)7-10-6-11-8(12-7)13(4)5/h6H,1-5H3. The number of rotatable bonds is 1. The highest BCUT2D eigenvalue weighted by molar-refractivity contribution is 5.25. The highest BCUT2D eigenvalue weighted by Crippen LogP contribution is 2.18. The Labute approximate surface area is 79.0 Å². The van der Waals surface area contributed by atoms with E-state index in [0.717, 1.165) is 5.82 Å². The quantitative estimate of drug-likeness (QED) is 0.652. The minimum atomic E-state index is -0.0201. The van der Waals surface area contributed by atoms with Crippen molar-refractivity contribution in [3.8, 4) is 0 Å². The number of aromatic nitrogens is 3. The van der Waals surface area contributed by atoms with Gasteiger partial charge in [0.15, 0.2) is 0 Å². The van der Waals surface area contributed by atoms with Gasteiger partial charge >= 0.3 is 0 Å². The van der Waals surface area contributed by atoms with E-state index in [2.05, 4.69) is 35.7 Å². The first-order valence-corrected chi connectivity index (χ1v) is 4.28. The lowest BCUT2D eigenvalue weighted by Gasteiger charge is -2.18. The van der Waals surface area contributed by atoms with Crippen LogP contribution in [0, 0.1) is 0 Å². The third-order valence-electron chi connectivity index (χ3n) is 1.63. The fourth-order valence-corrected chi connectivity index (χ4v) is 0.864. The molecule has 4 nitrogen and oxygen atoms in total. The molecule has 0 N–H and O–H groups in total. The fraction of sp³-hybridized carbons (Fsp3) is 0.667. The normalized spacial score (nSPS) is 11.5. The second kappa shape index (κ2) is 3.28. The predicted molar refractivity (Wildman–Crippen MR) is 52.9 cm³/mol. The molecule has 0 fully saturated rings. The van der Waals surface area contributed by atoms with Crippen LogP contribution in [-0.4, -0.2) is 29.0 Å². The van der Waals surface area contributed by atoms with Crippen molar-refractivity contribution in [2.24, 2.45) is 0 Å². The average molecular weight is 180 g/mol. The van der Waals surface area contributed by atoms with Crippen LogP contribution in [0.25, 0.3) is 0 Å². The minimum absolute atomic E-state index is 0.0201. The van der Waals surface area contributed by atoms with E-state index in [0.29, 0.717) is 5.95 Å². The second-order valence-electron chi connectivity index (χ2n) is 4.25. The predicted octanol–water partition coefficient (Wildman–Crippen LogP) is 1.24. The van der Waals surface area contributed by atoms with Crippen molar-refractivity contribution in [1.82, 2.24) is 15.0 Å². The molecule has 0 radical (unpaired) electrons. The Morgan fingerprint density at radius 2 is 1.77 bits per heavy atom. The summed E-state index contributed by atoms with van der Waals surface area (Å²) in [7, 11) is 3.84. The SMILES string of the molecule is CN(C)c1ncnc(C(C)(C)C)n1. The third kappa shape index (κ3) is 2.37. The Kier molecular flexibility index (Phi) is 2.50. The number of nitrogens with zero attached hydrogens (tertiary/aromatic N) is 4. The summed E-state index contributed by atoms with van der Waals surface area (Å²) in [5.41, 5.74) is -0.0201. The summed E-state index contributed by atoms with van der Waals surface area (Å²) in [6, 6.07) is 0. The summed E-state index contributed by atoms with van der Waals surface area (Å²) in [5, 5.41) is 0. The highest BCUT2D eigenvalue weighted by atomic mass is 15.2. The van der Waals surface area contributed by atoms with Gasteiger partial charge in [-0.25, -0.2) is 9.97 Å². The molecule has 1 aromatic rings. The van der Waals surface area contributed by atoms with Crippen LogP contribution in [0.1, 0.15) is 26.6 Å². The molecule has 0 saturated heterocycles. The Morgan fingerprint density at radius 1 is 1.15 bits per heavy atom. The van der Waals surface area contributed by atoms with Gasteiger partial charge in [0.05, 0.1) is 0 Å². The van der Waals surface area contributed by atoms with Crippen LogP contribution in [0.2, 0.25) is 0 Å². The monoisotopic (exact) mass is 180 g/mol. The van der Waals surface area contributed by atoms with E-state index in [-0.39, 0.29) is 5.41 Å². The smallest absolute Gasteiger partial charge is 0.228 e. The molecule has 0 aromatic carbocycles. The first kappa shape index (κ1) is 9.89. The molecule has 0 atom stereocenters. The summed E-state index contributed by atoms with van der Waals surface area (Å²) in [6.07, 6.45) is 1.56. The van der Waals surface area contributed by atoms with Crippen LogP contribution < -0.4 is 4.90 Å². The molecule has 0 saturated carbocycles. The molecular weight excluding hydrogens is 164 g/mol. The molecule has 0 aliphatic heterocycles. The number of hydrogen-bond donors (Lipinski definition) is 0. The van der Waals surface area contributed by atoms with Crippen molar-refractivity contribution in [3.63, 3.8) is 0 Å². The Bertz CT molecular complexity index is 288. The molecule has 72 valence electrons. The van der Waals surface area contributed by atoms with Gasteiger partial charge in [0.2, 0.25) is 5.95 Å². The summed E-state index contributed by atoms with van der Waals surface area (Å²) in [5.74, 6) is 1.53. The van der Waals surface area contributed by atoms with Crippen LogP contribution >= 0.6 is 0 Å². The molecule has 4 heteroatoms. The van der Waals surface area contributed by atoms with Gasteiger partial charge in [-0.2, -0.15) is 4.98 Å². The van der Waals surface area contributed by atoms with Crippen LogP contribution in [0.5, 0.6) is 0 Å². The van der Waals surface area contributed by atoms with Gasteiger partial charge in [-0.15, -0.1) is 0 Å². The third-order valence-corrected chi connectivity index (χ3v) is 1.63. The van der Waals surface area contributed by atoms with Crippen molar-refractivity contribution in [2.75, 3.05) is 19.0 Å². The second-order valence-corrected chi connectivity index (χ2v) is 4.25. The number of hydrogen-bond acceptors (Lipinski definition) is 4. The Hall–Kier alpha value is -1.19. The van der Waals surface area contributed by atoms with Crippen LogP contribution in [0.4, 0.5) is 5.95 Å². The molecule has 0 spiro atoms. The van der Waals surface area contributed by atoms with Crippen molar-refractivity contribution in [3.05, 3.63) is 12.2 Å². The molecule has 0 unspecified atom stereocenters. The summed E-state index contributed by atoms with van der Waals surface area (Å²) in [4.78, 5) is 14.4. The van der Waals surface area contributed by atoms with E-state index in [9.17, 15) is 0 Å². The fourth-order valence-electron chi connectivity index (χ4n) is 0.864. The maximum absolute atomic E-state index is 4.35. The summed E-state index contributed by atoms with van der Waals surface area (Å²) >= 11 is 0. The molecular formula is C9H16N4. The Morgan fingerprint density at radius 3 is 2.23 bits per heavy atom. The molecule has 0 bridgehead atoms. The lowest BCUT2D eigenvalue weighted by Crippen LogP contribution is -2.20. The maximum atomic E-state index is 4.35. The van der Waals surface area contributed by atoms with Crippen molar-refractivity contribution in [1.29, 1.82) is 0 Å². The average Bonchev–Trinajstić information content (AvgIpc) is 2.03. The van der Waals surface area contributed by atoms with Gasteiger partial charge in [-0.3, -0.25) is 0 Å². The molecule has 1 rings (SSSR count). The zero-order chi connectivity index (χ0) is 10.1. The van der Waals surface area contributed by atoms with E-state index in [1.807, 2.05) is 19.0 Å². The topological polar surface area (TPSA) is 41.9 Å². The first-order valence-electron chi connectivity index (χ1n) is 4.28. The van der Waals surface area contributed by atoms with Gasteiger partial charge in [-0.05, 0) is 0 Å². The summed E-state index contributed by atoms with van der Waals surface area (Å²) < 4.78 is 0. The van der Waals surface area contributed by atoms with Crippen molar-refractivity contribution < 1.29 is 0 Å². The van der Waals surface area contributed by atoms with Crippen molar-refractivity contribution in [2.45, 2.75) is 26.2 Å². The largest absolute Gasteiger partial charge is 0.347 e.